The summed E-state index contributed by atoms with van der Waals surface area (Å²) in [5.74, 6) is 0.607. The summed E-state index contributed by atoms with van der Waals surface area (Å²) in [5, 5.41) is 3.96. The smallest absolute Gasteiger partial charge is 0.276 e. The van der Waals surface area contributed by atoms with E-state index in [2.05, 4.69) is 26.0 Å². The molecule has 0 aromatic carbocycles. The average molecular weight is 296 g/mol. The zero-order chi connectivity index (χ0) is 12.0. The van der Waals surface area contributed by atoms with Crippen LogP contribution < -0.4 is 5.56 Å². The highest BCUT2D eigenvalue weighted by atomic mass is 79.9. The number of nitrogens with one attached hydrogen (secondary N) is 1. The summed E-state index contributed by atoms with van der Waals surface area (Å²) < 4.78 is 1.58. The van der Waals surface area contributed by atoms with E-state index in [4.69, 9.17) is 0 Å². The first-order chi connectivity index (χ1) is 8.20. The number of aromatic nitrogens is 3. The van der Waals surface area contributed by atoms with Crippen LogP contribution in [0.1, 0.15) is 35.7 Å². The number of hydrogen-bond acceptors (Lipinski definition) is 2. The number of nitrogens with zero attached hydrogens (tertiary/aromatic N) is 2. The van der Waals surface area contributed by atoms with Gasteiger partial charge >= 0.3 is 0 Å². The highest BCUT2D eigenvalue weighted by Crippen LogP contribution is 2.39. The predicted molar refractivity (Wildman–Crippen MR) is 70.0 cm³/mol. The Kier molecular flexibility index (Phi) is 2.58. The Morgan fingerprint density at radius 3 is 3.00 bits per heavy atom. The Hall–Kier alpha value is -1.10. The summed E-state index contributed by atoms with van der Waals surface area (Å²) in [6.07, 6.45) is 3.15. The third-order valence-corrected chi connectivity index (χ3v) is 3.69. The van der Waals surface area contributed by atoms with Crippen molar-refractivity contribution in [2.75, 3.05) is 5.33 Å². The molecular weight excluding hydrogens is 282 g/mol. The minimum atomic E-state index is 0.0406. The van der Waals surface area contributed by atoms with Crippen LogP contribution in [0.25, 0.3) is 5.65 Å². The van der Waals surface area contributed by atoms with E-state index in [1.807, 2.05) is 13.0 Å². The lowest BCUT2D eigenvalue weighted by atomic mass is 10.2. The highest BCUT2D eigenvalue weighted by molar-refractivity contribution is 9.09. The van der Waals surface area contributed by atoms with Crippen LogP contribution in [-0.2, 0) is 6.42 Å². The van der Waals surface area contributed by atoms with E-state index in [0.29, 0.717) is 5.92 Å². The molecule has 1 fully saturated rings. The molecule has 0 unspecified atom stereocenters. The van der Waals surface area contributed by atoms with E-state index in [-0.39, 0.29) is 5.56 Å². The van der Waals surface area contributed by atoms with Crippen molar-refractivity contribution in [3.05, 3.63) is 33.4 Å². The molecule has 1 saturated carbocycles. The molecule has 0 atom stereocenters. The number of fused-ring (bicyclic) bond motifs is 1. The van der Waals surface area contributed by atoms with Gasteiger partial charge < -0.3 is 0 Å². The van der Waals surface area contributed by atoms with E-state index >= 15 is 0 Å². The predicted octanol–water partition coefficient (Wildman–Crippen LogP) is 2.15. The van der Waals surface area contributed by atoms with Crippen molar-refractivity contribution in [1.82, 2.24) is 14.6 Å². The average Bonchev–Trinajstić information content (AvgIpc) is 3.06. The number of halogens is 1. The van der Waals surface area contributed by atoms with Gasteiger partial charge in [-0.25, -0.2) is 9.50 Å². The molecule has 2 heterocycles. The van der Waals surface area contributed by atoms with Crippen molar-refractivity contribution in [2.45, 2.75) is 32.1 Å². The second kappa shape index (κ2) is 3.98. The normalized spacial score (nSPS) is 15.6. The van der Waals surface area contributed by atoms with Gasteiger partial charge in [0.25, 0.3) is 5.56 Å². The lowest BCUT2D eigenvalue weighted by Crippen LogP contribution is -2.22. The van der Waals surface area contributed by atoms with E-state index in [1.165, 1.54) is 12.8 Å². The molecule has 0 aliphatic heterocycles. The first kappa shape index (κ1) is 11.0. The highest BCUT2D eigenvalue weighted by Gasteiger charge is 2.26. The van der Waals surface area contributed by atoms with Crippen molar-refractivity contribution < 1.29 is 0 Å². The van der Waals surface area contributed by atoms with Crippen LogP contribution in [-0.4, -0.2) is 19.9 Å². The summed E-state index contributed by atoms with van der Waals surface area (Å²) in [5.41, 5.74) is 3.57. The first-order valence-electron chi connectivity index (χ1n) is 5.88. The van der Waals surface area contributed by atoms with Crippen LogP contribution in [0.15, 0.2) is 10.9 Å². The summed E-state index contributed by atoms with van der Waals surface area (Å²) in [6.45, 7) is 1.91. The van der Waals surface area contributed by atoms with Crippen LogP contribution in [0.3, 0.4) is 0 Å². The maximum Gasteiger partial charge on any atom is 0.276 e. The van der Waals surface area contributed by atoms with Gasteiger partial charge in [0.2, 0.25) is 0 Å². The zero-order valence-electron chi connectivity index (χ0n) is 9.66. The number of aryl methyl sites for hydroxylation is 1. The molecule has 1 aliphatic carbocycles. The molecule has 0 spiro atoms. The summed E-state index contributed by atoms with van der Waals surface area (Å²) in [7, 11) is 0. The molecule has 0 amide bonds. The second-order valence-electron chi connectivity index (χ2n) is 4.60. The van der Waals surface area contributed by atoms with Crippen molar-refractivity contribution in [1.29, 1.82) is 0 Å². The summed E-state index contributed by atoms with van der Waals surface area (Å²) >= 11 is 3.37. The van der Waals surface area contributed by atoms with Crippen molar-refractivity contribution in [2.24, 2.45) is 0 Å². The standard InChI is InChI=1S/C12H14BrN3O/c1-7-9(4-5-13)12(17)16-11(14-7)6-10(15-16)8-2-3-8/h6,8,15H,2-5H2,1H3. The van der Waals surface area contributed by atoms with Crippen LogP contribution >= 0.6 is 15.9 Å². The molecule has 1 N–H and O–H groups in total. The van der Waals surface area contributed by atoms with Gasteiger partial charge in [0.15, 0.2) is 5.65 Å². The SMILES string of the molecule is Cc1nc2cc(C3CC3)[nH]n2c(=O)c1CCBr. The molecule has 0 bridgehead atoms. The molecule has 3 rings (SSSR count). The molecule has 90 valence electrons. The van der Waals surface area contributed by atoms with E-state index in [0.717, 1.165) is 34.3 Å². The topological polar surface area (TPSA) is 50.2 Å². The minimum Gasteiger partial charge on any atom is -0.293 e. The molecule has 2 aromatic heterocycles. The van der Waals surface area contributed by atoms with Gasteiger partial charge in [0.1, 0.15) is 0 Å². The summed E-state index contributed by atoms with van der Waals surface area (Å²) in [4.78, 5) is 16.8. The maximum absolute atomic E-state index is 12.3. The van der Waals surface area contributed by atoms with Gasteiger partial charge in [0.05, 0.1) is 0 Å². The molecule has 4 nitrogen and oxygen atoms in total. The van der Waals surface area contributed by atoms with Crippen LogP contribution in [0, 0.1) is 6.92 Å². The molecule has 0 saturated heterocycles. The number of hydrogen-bond donors (Lipinski definition) is 1. The number of H-pyrrole nitrogens is 1. The summed E-state index contributed by atoms with van der Waals surface area (Å²) in [6, 6.07) is 2.00. The Bertz CT molecular complexity index is 624. The quantitative estimate of drug-likeness (QED) is 0.882. The van der Waals surface area contributed by atoms with Gasteiger partial charge in [-0.15, -0.1) is 0 Å². The zero-order valence-corrected chi connectivity index (χ0v) is 11.2. The van der Waals surface area contributed by atoms with Crippen LogP contribution in [0.4, 0.5) is 0 Å². The lowest BCUT2D eigenvalue weighted by Gasteiger charge is -2.02. The second-order valence-corrected chi connectivity index (χ2v) is 5.39. The van der Waals surface area contributed by atoms with Crippen molar-refractivity contribution in [3.8, 4) is 0 Å². The Balaban J connectivity index is 2.21. The van der Waals surface area contributed by atoms with E-state index < -0.39 is 0 Å². The fourth-order valence-corrected chi connectivity index (χ4v) is 2.57. The van der Waals surface area contributed by atoms with Gasteiger partial charge in [-0.05, 0) is 26.2 Å². The van der Waals surface area contributed by atoms with Crippen LogP contribution in [0.2, 0.25) is 0 Å². The van der Waals surface area contributed by atoms with Crippen LogP contribution in [0.5, 0.6) is 0 Å². The van der Waals surface area contributed by atoms with Gasteiger partial charge in [0, 0.05) is 34.3 Å². The number of rotatable bonds is 3. The first-order valence-corrected chi connectivity index (χ1v) is 7.00. The Labute approximate surface area is 107 Å². The Morgan fingerprint density at radius 2 is 2.35 bits per heavy atom. The maximum atomic E-state index is 12.3. The molecular formula is C12H14BrN3O. The number of aromatic amines is 1. The van der Waals surface area contributed by atoms with E-state index in [1.54, 1.807) is 4.52 Å². The van der Waals surface area contributed by atoms with Gasteiger partial charge in [-0.2, -0.15) is 0 Å². The third kappa shape index (κ3) is 1.82. The Morgan fingerprint density at radius 1 is 1.59 bits per heavy atom. The largest absolute Gasteiger partial charge is 0.293 e. The third-order valence-electron chi connectivity index (χ3n) is 3.30. The van der Waals surface area contributed by atoms with Gasteiger partial charge in [-0.1, -0.05) is 15.9 Å². The minimum absolute atomic E-state index is 0.0406. The van der Waals surface area contributed by atoms with Gasteiger partial charge in [-0.3, -0.25) is 9.89 Å². The fraction of sp³-hybridized carbons (Fsp3) is 0.500. The van der Waals surface area contributed by atoms with E-state index in [9.17, 15) is 4.79 Å². The molecule has 17 heavy (non-hydrogen) atoms. The molecule has 1 aliphatic rings. The molecule has 2 aromatic rings. The molecule has 0 radical (unpaired) electrons. The molecule has 5 heteroatoms. The monoisotopic (exact) mass is 295 g/mol. The number of alkyl halides is 1. The lowest BCUT2D eigenvalue weighted by molar-refractivity contribution is 0.826. The van der Waals surface area contributed by atoms with Crippen molar-refractivity contribution in [3.63, 3.8) is 0 Å². The fourth-order valence-electron chi connectivity index (χ4n) is 2.17. The van der Waals surface area contributed by atoms with Crippen molar-refractivity contribution >= 4 is 21.6 Å².